The molecule has 1 unspecified atom stereocenters. The number of nitrogens with zero attached hydrogens (tertiary/aromatic N) is 5. The minimum absolute atomic E-state index is 0.0835. The molecule has 1 atom stereocenters. The van der Waals surface area contributed by atoms with Gasteiger partial charge in [-0.05, 0) is 49.2 Å². The van der Waals surface area contributed by atoms with Crippen molar-refractivity contribution in [1.82, 2.24) is 24.8 Å². The third-order valence-electron chi connectivity index (χ3n) is 5.87. The first kappa shape index (κ1) is 20.9. The van der Waals surface area contributed by atoms with Crippen LogP contribution < -0.4 is 0 Å². The molecule has 3 aromatic heterocycles. The van der Waals surface area contributed by atoms with Crippen LogP contribution in [0.25, 0.3) is 22.5 Å². The number of likely N-dealkylation sites (tertiary alicyclic amines) is 1. The summed E-state index contributed by atoms with van der Waals surface area (Å²) in [6, 6.07) is 17.7. The fourth-order valence-corrected chi connectivity index (χ4v) is 4.21. The number of aromatic nitrogens is 4. The van der Waals surface area contributed by atoms with Crippen molar-refractivity contribution in [2.45, 2.75) is 18.8 Å². The number of halogens is 1. The Morgan fingerprint density at radius 1 is 0.909 bits per heavy atom. The van der Waals surface area contributed by atoms with Crippen LogP contribution >= 0.6 is 0 Å². The fraction of sp³-hybridized carbons (Fsp3) is 0.192. The first-order chi connectivity index (χ1) is 16.2. The van der Waals surface area contributed by atoms with Crippen LogP contribution in [0.1, 0.15) is 34.9 Å². The summed E-state index contributed by atoms with van der Waals surface area (Å²) in [7, 11) is 0. The second-order valence-corrected chi connectivity index (χ2v) is 8.05. The van der Waals surface area contributed by atoms with Crippen molar-refractivity contribution in [1.29, 1.82) is 0 Å². The molecule has 1 amide bonds. The Labute approximate surface area is 191 Å². The number of carbonyl (C=O) groups excluding carboxylic acids is 1. The summed E-state index contributed by atoms with van der Waals surface area (Å²) in [6.07, 6.45) is 6.60. The van der Waals surface area contributed by atoms with E-state index in [1.165, 1.54) is 12.4 Å². The smallest absolute Gasteiger partial charge is 0.272 e. The molecule has 1 saturated heterocycles. The molecule has 0 bridgehead atoms. The average Bonchev–Trinajstić information content (AvgIpc) is 2.89. The van der Waals surface area contributed by atoms with E-state index in [-0.39, 0.29) is 17.6 Å². The molecule has 33 heavy (non-hydrogen) atoms. The van der Waals surface area contributed by atoms with E-state index >= 15 is 0 Å². The summed E-state index contributed by atoms with van der Waals surface area (Å²) in [5.74, 6) is -0.318. The third-order valence-corrected chi connectivity index (χ3v) is 5.87. The molecule has 4 aromatic rings. The van der Waals surface area contributed by atoms with Crippen molar-refractivity contribution in [2.75, 3.05) is 13.1 Å². The van der Waals surface area contributed by atoms with Crippen LogP contribution in [0.2, 0.25) is 0 Å². The van der Waals surface area contributed by atoms with E-state index in [1.54, 1.807) is 36.7 Å². The summed E-state index contributed by atoms with van der Waals surface area (Å²) in [5.41, 5.74) is 3.77. The number of hydrogen-bond acceptors (Lipinski definition) is 5. The van der Waals surface area contributed by atoms with E-state index in [1.807, 2.05) is 35.2 Å². The molecule has 5 rings (SSSR count). The summed E-state index contributed by atoms with van der Waals surface area (Å²) in [4.78, 5) is 32.4. The molecule has 0 radical (unpaired) electrons. The number of amides is 1. The number of hydrogen-bond donors (Lipinski definition) is 0. The average molecular weight is 439 g/mol. The Bertz CT molecular complexity index is 1280. The predicted molar refractivity (Wildman–Crippen MR) is 123 cm³/mol. The summed E-state index contributed by atoms with van der Waals surface area (Å²) < 4.78 is 14.3. The molecule has 0 N–H and O–H groups in total. The number of pyridine rings is 2. The number of piperidine rings is 1. The van der Waals surface area contributed by atoms with Crippen LogP contribution in [0, 0.1) is 5.82 Å². The molecule has 164 valence electrons. The molecular formula is C26H22FN5O. The summed E-state index contributed by atoms with van der Waals surface area (Å²) in [6.45, 7) is 1.22. The van der Waals surface area contributed by atoms with E-state index in [2.05, 4.69) is 15.0 Å². The second kappa shape index (κ2) is 9.24. The van der Waals surface area contributed by atoms with Gasteiger partial charge in [-0.3, -0.25) is 9.78 Å². The second-order valence-electron chi connectivity index (χ2n) is 8.05. The van der Waals surface area contributed by atoms with Gasteiger partial charge in [0.25, 0.3) is 5.91 Å². The normalized spacial score (nSPS) is 15.9. The van der Waals surface area contributed by atoms with Gasteiger partial charge in [-0.25, -0.2) is 19.3 Å². The molecule has 6 nitrogen and oxygen atoms in total. The zero-order valence-electron chi connectivity index (χ0n) is 17.9. The quantitative estimate of drug-likeness (QED) is 0.459. The van der Waals surface area contributed by atoms with Gasteiger partial charge in [0.05, 0.1) is 11.4 Å². The monoisotopic (exact) mass is 439 g/mol. The Morgan fingerprint density at radius 2 is 1.70 bits per heavy atom. The van der Waals surface area contributed by atoms with Crippen molar-refractivity contribution in [2.24, 2.45) is 0 Å². The van der Waals surface area contributed by atoms with E-state index in [4.69, 9.17) is 4.98 Å². The van der Waals surface area contributed by atoms with Crippen LogP contribution in [0.3, 0.4) is 0 Å². The Kier molecular flexibility index (Phi) is 5.85. The van der Waals surface area contributed by atoms with Gasteiger partial charge < -0.3 is 4.90 Å². The zero-order valence-corrected chi connectivity index (χ0v) is 17.9. The summed E-state index contributed by atoms with van der Waals surface area (Å²) in [5, 5.41) is 0. The van der Waals surface area contributed by atoms with Crippen molar-refractivity contribution >= 4 is 5.91 Å². The first-order valence-electron chi connectivity index (χ1n) is 10.9. The molecule has 0 saturated carbocycles. The molecule has 1 aliphatic heterocycles. The van der Waals surface area contributed by atoms with E-state index in [0.717, 1.165) is 24.1 Å². The van der Waals surface area contributed by atoms with Gasteiger partial charge in [0.15, 0.2) is 0 Å². The largest absolute Gasteiger partial charge is 0.337 e. The van der Waals surface area contributed by atoms with Crippen LogP contribution in [0.5, 0.6) is 0 Å². The maximum Gasteiger partial charge on any atom is 0.272 e. The topological polar surface area (TPSA) is 71.9 Å². The highest BCUT2D eigenvalue weighted by molar-refractivity contribution is 5.93. The number of carbonyl (C=O) groups is 1. The molecule has 1 fully saturated rings. The van der Waals surface area contributed by atoms with E-state index in [9.17, 15) is 9.18 Å². The van der Waals surface area contributed by atoms with Gasteiger partial charge in [0.1, 0.15) is 17.8 Å². The highest BCUT2D eigenvalue weighted by Crippen LogP contribution is 2.29. The maximum absolute atomic E-state index is 14.3. The van der Waals surface area contributed by atoms with E-state index < -0.39 is 0 Å². The number of rotatable bonds is 4. The van der Waals surface area contributed by atoms with Crippen LogP contribution in [-0.2, 0) is 0 Å². The highest BCUT2D eigenvalue weighted by Gasteiger charge is 2.27. The van der Waals surface area contributed by atoms with Crippen LogP contribution in [-0.4, -0.2) is 43.8 Å². The lowest BCUT2D eigenvalue weighted by atomic mass is 9.93. The minimum Gasteiger partial charge on any atom is -0.337 e. The Morgan fingerprint density at radius 3 is 2.55 bits per heavy atom. The van der Waals surface area contributed by atoms with Gasteiger partial charge in [0, 0.05) is 48.2 Å². The Balaban J connectivity index is 1.36. The van der Waals surface area contributed by atoms with Crippen molar-refractivity contribution in [3.8, 4) is 22.5 Å². The lowest BCUT2D eigenvalue weighted by Crippen LogP contribution is -2.39. The molecular weight excluding hydrogens is 417 g/mol. The van der Waals surface area contributed by atoms with Gasteiger partial charge in [-0.2, -0.15) is 0 Å². The fourth-order valence-electron chi connectivity index (χ4n) is 4.21. The van der Waals surface area contributed by atoms with Gasteiger partial charge >= 0.3 is 0 Å². The van der Waals surface area contributed by atoms with Gasteiger partial charge in [0.2, 0.25) is 0 Å². The lowest BCUT2D eigenvalue weighted by molar-refractivity contribution is 0.0700. The zero-order chi connectivity index (χ0) is 22.6. The molecule has 1 aromatic carbocycles. The van der Waals surface area contributed by atoms with Crippen molar-refractivity contribution in [3.05, 3.63) is 96.6 Å². The maximum atomic E-state index is 14.3. The lowest BCUT2D eigenvalue weighted by Gasteiger charge is -2.32. The molecule has 4 heterocycles. The third kappa shape index (κ3) is 4.48. The van der Waals surface area contributed by atoms with Gasteiger partial charge in [-0.1, -0.05) is 24.3 Å². The number of benzene rings is 1. The van der Waals surface area contributed by atoms with E-state index in [0.29, 0.717) is 35.7 Å². The predicted octanol–water partition coefficient (Wildman–Crippen LogP) is 4.76. The minimum atomic E-state index is -0.294. The van der Waals surface area contributed by atoms with Gasteiger partial charge in [-0.15, -0.1) is 0 Å². The SMILES string of the molecule is O=C(c1cccc(-c2cncnc2)n1)N1CCCC(c2cccc(-c3ccccc3F)n2)C1. The van der Waals surface area contributed by atoms with Crippen LogP contribution in [0.4, 0.5) is 4.39 Å². The molecule has 1 aliphatic rings. The Hall–Kier alpha value is -4.00. The summed E-state index contributed by atoms with van der Waals surface area (Å²) >= 11 is 0. The molecule has 7 heteroatoms. The highest BCUT2D eigenvalue weighted by atomic mass is 19.1. The van der Waals surface area contributed by atoms with Crippen LogP contribution in [0.15, 0.2) is 79.4 Å². The van der Waals surface area contributed by atoms with Crippen molar-refractivity contribution < 1.29 is 9.18 Å². The molecule has 0 spiro atoms. The first-order valence-corrected chi connectivity index (χ1v) is 10.9. The standard InChI is InChI=1S/C26H22FN5O/c27-21-8-2-1-7-20(21)24-11-3-9-22(30-24)18-6-5-13-32(16-18)26(33)25-12-4-10-23(31-25)19-14-28-17-29-15-19/h1-4,7-12,14-15,17-18H,5-6,13,16H2. The van der Waals surface area contributed by atoms with Crippen molar-refractivity contribution in [3.63, 3.8) is 0 Å². The molecule has 0 aliphatic carbocycles.